The number of azide groups is 1. The highest BCUT2D eigenvalue weighted by Gasteiger charge is 2.52. The topological polar surface area (TPSA) is 149 Å². The number of ether oxygens (including phenoxy) is 1. The van der Waals surface area contributed by atoms with E-state index in [1.807, 2.05) is 32.2 Å². The fourth-order valence-corrected chi connectivity index (χ4v) is 5.50. The molecule has 0 radical (unpaired) electrons. The van der Waals surface area contributed by atoms with Crippen LogP contribution in [0.15, 0.2) is 16.1 Å². The molecule has 1 aliphatic heterocycles. The van der Waals surface area contributed by atoms with Crippen molar-refractivity contribution in [3.63, 3.8) is 0 Å². The quantitative estimate of drug-likeness (QED) is 0.109. The van der Waals surface area contributed by atoms with Crippen LogP contribution in [0.1, 0.15) is 90.8 Å². The van der Waals surface area contributed by atoms with E-state index in [9.17, 15) is 14.7 Å². The SMILES string of the molecule is C/C(=C\c1csc(C)n1)[C@H](C[C@@H]1O[C@]1(C)CCC[C@H](C)[C@H](O)[C@@H](C)C(=O)C(C)(C)CCC(=O)O)N=[N+]=[N-]. The van der Waals surface area contributed by atoms with Crippen LogP contribution in [0.5, 0.6) is 0 Å². The van der Waals surface area contributed by atoms with E-state index in [1.165, 1.54) is 0 Å². The number of aliphatic hydroxyl groups is 1. The predicted molar refractivity (Wildman–Crippen MR) is 145 cm³/mol. The van der Waals surface area contributed by atoms with E-state index in [-0.39, 0.29) is 42.3 Å². The molecule has 6 atom stereocenters. The van der Waals surface area contributed by atoms with Gasteiger partial charge in [0, 0.05) is 28.0 Å². The summed E-state index contributed by atoms with van der Waals surface area (Å²) in [6.07, 6.45) is 4.29. The smallest absolute Gasteiger partial charge is 0.303 e. The van der Waals surface area contributed by atoms with Crippen molar-refractivity contribution in [1.29, 1.82) is 0 Å². The Labute approximate surface area is 224 Å². The van der Waals surface area contributed by atoms with Crippen LogP contribution < -0.4 is 0 Å². The summed E-state index contributed by atoms with van der Waals surface area (Å²) in [7, 11) is 0. The molecule has 1 fully saturated rings. The first-order chi connectivity index (χ1) is 17.2. The molecule has 0 bridgehead atoms. The number of ketones is 1. The molecule has 0 amide bonds. The summed E-state index contributed by atoms with van der Waals surface area (Å²) in [6.45, 7) is 13.1. The van der Waals surface area contributed by atoms with Gasteiger partial charge in [0.15, 0.2) is 0 Å². The highest BCUT2D eigenvalue weighted by molar-refractivity contribution is 7.09. The molecule has 1 aromatic rings. The normalized spacial score (nSPS) is 23.0. The zero-order chi connectivity index (χ0) is 28.0. The van der Waals surface area contributed by atoms with Crippen LogP contribution in [-0.2, 0) is 14.3 Å². The molecule has 0 saturated carbocycles. The van der Waals surface area contributed by atoms with E-state index in [1.54, 1.807) is 32.1 Å². The van der Waals surface area contributed by atoms with Crippen LogP contribution in [0, 0.1) is 24.2 Å². The van der Waals surface area contributed by atoms with Crippen molar-refractivity contribution in [2.24, 2.45) is 22.4 Å². The molecule has 206 valence electrons. The van der Waals surface area contributed by atoms with E-state index in [0.717, 1.165) is 35.5 Å². The lowest BCUT2D eigenvalue weighted by atomic mass is 9.74. The number of nitrogens with zero attached hydrogens (tertiary/aromatic N) is 4. The third-order valence-electron chi connectivity index (χ3n) is 7.67. The van der Waals surface area contributed by atoms with Gasteiger partial charge in [-0.25, -0.2) is 4.98 Å². The standard InChI is InChI=1S/C27H42N4O5S/c1-16(24(34)18(3)25(35)26(5,6)12-10-23(32)33)9-8-11-27(7)22(36-27)14-21(30-31-28)17(2)13-20-15-37-19(4)29-20/h13,15-16,18,21-22,24,34H,8-12,14H2,1-7H3,(H,32,33)/b17-13+/t16-,18+,21-,22-,24-,27+/m0/s1. The van der Waals surface area contributed by atoms with Crippen LogP contribution >= 0.6 is 11.3 Å². The maximum absolute atomic E-state index is 12.9. The Balaban J connectivity index is 1.86. The third kappa shape index (κ3) is 8.92. The van der Waals surface area contributed by atoms with Crippen LogP contribution in [-0.4, -0.2) is 50.8 Å². The van der Waals surface area contributed by atoms with E-state index in [0.29, 0.717) is 6.42 Å². The van der Waals surface area contributed by atoms with E-state index in [4.69, 9.17) is 15.4 Å². The molecule has 2 N–H and O–H groups in total. The number of aromatic nitrogens is 1. The Morgan fingerprint density at radius 3 is 2.65 bits per heavy atom. The first-order valence-electron chi connectivity index (χ1n) is 13.0. The van der Waals surface area contributed by atoms with Gasteiger partial charge in [-0.15, -0.1) is 11.3 Å². The summed E-state index contributed by atoms with van der Waals surface area (Å²) in [5.74, 6) is -1.69. The lowest BCUT2D eigenvalue weighted by Gasteiger charge is -2.31. The van der Waals surface area contributed by atoms with E-state index < -0.39 is 23.4 Å². The van der Waals surface area contributed by atoms with Gasteiger partial charge in [-0.2, -0.15) is 0 Å². The van der Waals surface area contributed by atoms with Crippen molar-refractivity contribution in [1.82, 2.24) is 4.98 Å². The number of rotatable bonds is 16. The van der Waals surface area contributed by atoms with Gasteiger partial charge in [0.05, 0.1) is 34.6 Å². The summed E-state index contributed by atoms with van der Waals surface area (Å²) in [4.78, 5) is 31.3. The first kappa shape index (κ1) is 31.0. The monoisotopic (exact) mass is 534 g/mol. The second-order valence-corrected chi connectivity index (χ2v) is 12.4. The molecule has 0 aliphatic carbocycles. The van der Waals surface area contributed by atoms with Gasteiger partial charge in [-0.05, 0) is 64.0 Å². The van der Waals surface area contributed by atoms with Crippen molar-refractivity contribution >= 4 is 29.2 Å². The van der Waals surface area contributed by atoms with Crippen LogP contribution in [0.3, 0.4) is 0 Å². The summed E-state index contributed by atoms with van der Waals surface area (Å²) in [5.41, 5.74) is 9.78. The number of carbonyl (C=O) groups is 2. The molecule has 1 aliphatic rings. The van der Waals surface area contributed by atoms with Gasteiger partial charge in [0.1, 0.15) is 5.78 Å². The number of hydrogen-bond acceptors (Lipinski definition) is 7. The summed E-state index contributed by atoms with van der Waals surface area (Å²) in [6, 6.07) is -0.309. The minimum absolute atomic E-state index is 0.0146. The predicted octanol–water partition coefficient (Wildman–Crippen LogP) is 6.34. The first-order valence-corrected chi connectivity index (χ1v) is 13.8. The second-order valence-electron chi connectivity index (χ2n) is 11.3. The molecule has 9 nitrogen and oxygen atoms in total. The van der Waals surface area contributed by atoms with Crippen molar-refractivity contribution in [3.05, 3.63) is 32.1 Å². The second kappa shape index (κ2) is 13.0. The number of carboxylic acid groups (broad SMARTS) is 1. The molecule has 10 heteroatoms. The summed E-state index contributed by atoms with van der Waals surface area (Å²) >= 11 is 1.58. The number of thiazole rings is 1. The highest BCUT2D eigenvalue weighted by Crippen LogP contribution is 2.44. The maximum Gasteiger partial charge on any atom is 0.303 e. The highest BCUT2D eigenvalue weighted by atomic mass is 32.1. The summed E-state index contributed by atoms with van der Waals surface area (Å²) < 4.78 is 6.02. The zero-order valence-corrected chi connectivity index (χ0v) is 23.9. The van der Waals surface area contributed by atoms with Crippen molar-refractivity contribution < 1.29 is 24.5 Å². The molecular formula is C27H42N4O5S. The fourth-order valence-electron chi connectivity index (χ4n) is 4.93. The number of carbonyl (C=O) groups excluding carboxylic acids is 1. The summed E-state index contributed by atoms with van der Waals surface area (Å²) in [5, 5.41) is 26.7. The van der Waals surface area contributed by atoms with Gasteiger partial charge in [0.25, 0.3) is 0 Å². The van der Waals surface area contributed by atoms with Crippen molar-refractivity contribution in [2.75, 3.05) is 0 Å². The number of carboxylic acids is 1. The zero-order valence-electron chi connectivity index (χ0n) is 23.1. The lowest BCUT2D eigenvalue weighted by molar-refractivity contribution is -0.139. The molecule has 2 rings (SSSR count). The molecule has 0 aromatic carbocycles. The molecule has 1 saturated heterocycles. The van der Waals surface area contributed by atoms with Gasteiger partial charge in [-0.1, -0.05) is 44.8 Å². The average molecular weight is 535 g/mol. The largest absolute Gasteiger partial charge is 0.481 e. The Hall–Kier alpha value is -2.26. The van der Waals surface area contributed by atoms with E-state index in [2.05, 4.69) is 21.9 Å². The van der Waals surface area contributed by atoms with Gasteiger partial charge >= 0.3 is 5.97 Å². The van der Waals surface area contributed by atoms with Crippen LogP contribution in [0.25, 0.3) is 16.5 Å². The molecule has 2 heterocycles. The minimum Gasteiger partial charge on any atom is -0.481 e. The van der Waals surface area contributed by atoms with Crippen molar-refractivity contribution in [3.8, 4) is 0 Å². The van der Waals surface area contributed by atoms with Crippen LogP contribution in [0.4, 0.5) is 0 Å². The number of aliphatic carboxylic acids is 1. The average Bonchev–Trinajstić information content (AvgIpc) is 3.27. The Morgan fingerprint density at radius 2 is 2.08 bits per heavy atom. The van der Waals surface area contributed by atoms with Gasteiger partial charge in [0.2, 0.25) is 0 Å². The van der Waals surface area contributed by atoms with E-state index >= 15 is 0 Å². The minimum atomic E-state index is -0.928. The Bertz CT molecular complexity index is 1030. The molecule has 0 spiro atoms. The Kier molecular flexibility index (Phi) is 10.9. The van der Waals surface area contributed by atoms with Crippen LogP contribution in [0.2, 0.25) is 0 Å². The van der Waals surface area contributed by atoms with Gasteiger partial charge in [-0.3, -0.25) is 9.59 Å². The number of Topliss-reactive ketones (excluding diaryl/α,β-unsaturated/α-hetero) is 1. The lowest BCUT2D eigenvalue weighted by Crippen LogP contribution is -2.39. The molecule has 1 aromatic heterocycles. The number of aliphatic hydroxyl groups excluding tert-OH is 1. The molecular weight excluding hydrogens is 492 g/mol. The number of aryl methyl sites for hydroxylation is 1. The molecule has 0 unspecified atom stereocenters. The number of epoxide rings is 1. The fraction of sp³-hybridized carbons (Fsp3) is 0.741. The Morgan fingerprint density at radius 1 is 1.41 bits per heavy atom. The third-order valence-corrected chi connectivity index (χ3v) is 8.47. The number of hydrogen-bond donors (Lipinski definition) is 2. The van der Waals surface area contributed by atoms with Gasteiger partial charge < -0.3 is 14.9 Å². The maximum atomic E-state index is 12.9. The molecule has 37 heavy (non-hydrogen) atoms. The van der Waals surface area contributed by atoms with Crippen molar-refractivity contribution in [2.45, 2.75) is 111 Å².